The standard InChI is InChI=1S/C22H16F3N3O2S/c1-30-15-4-2-3-12(11-15)17-10-9-16-18(26)19(31-21(16)28-17)20(29)27-14-7-5-13(6-8-14)22(23,24)25/h2-11H,26H2,1H3,(H,27,29). The molecule has 4 rings (SSSR count). The van der Waals surface area contributed by atoms with Gasteiger partial charge in [0.05, 0.1) is 24.1 Å². The highest BCUT2D eigenvalue weighted by Crippen LogP contribution is 2.35. The number of amides is 1. The Hall–Kier alpha value is -3.59. The summed E-state index contributed by atoms with van der Waals surface area (Å²) in [6.07, 6.45) is -4.44. The maximum Gasteiger partial charge on any atom is 0.416 e. The fourth-order valence-corrected chi connectivity index (χ4v) is 4.03. The number of hydrogen-bond donors (Lipinski definition) is 2. The van der Waals surface area contributed by atoms with Crippen LogP contribution in [0.25, 0.3) is 21.5 Å². The lowest BCUT2D eigenvalue weighted by Gasteiger charge is -2.08. The summed E-state index contributed by atoms with van der Waals surface area (Å²) in [4.78, 5) is 18.1. The second-order valence-corrected chi connectivity index (χ2v) is 7.65. The summed E-state index contributed by atoms with van der Waals surface area (Å²) >= 11 is 1.12. The van der Waals surface area contributed by atoms with E-state index in [0.717, 1.165) is 29.0 Å². The molecule has 3 N–H and O–H groups in total. The summed E-state index contributed by atoms with van der Waals surface area (Å²) in [5, 5.41) is 3.21. The molecule has 31 heavy (non-hydrogen) atoms. The van der Waals surface area contributed by atoms with E-state index in [1.54, 1.807) is 19.2 Å². The fraction of sp³-hybridized carbons (Fsp3) is 0.0909. The monoisotopic (exact) mass is 443 g/mol. The molecule has 2 heterocycles. The van der Waals surface area contributed by atoms with Crippen molar-refractivity contribution in [3.8, 4) is 17.0 Å². The van der Waals surface area contributed by atoms with Crippen LogP contribution in [0, 0.1) is 0 Å². The van der Waals surface area contributed by atoms with Crippen LogP contribution in [0.3, 0.4) is 0 Å². The van der Waals surface area contributed by atoms with Gasteiger partial charge in [-0.2, -0.15) is 13.2 Å². The van der Waals surface area contributed by atoms with E-state index in [1.807, 2.05) is 24.3 Å². The number of carbonyl (C=O) groups excluding carboxylic acids is 1. The third kappa shape index (κ3) is 4.17. The van der Waals surface area contributed by atoms with Crippen LogP contribution in [0.2, 0.25) is 0 Å². The number of nitrogen functional groups attached to an aromatic ring is 1. The van der Waals surface area contributed by atoms with Crippen molar-refractivity contribution in [3.05, 3.63) is 71.1 Å². The van der Waals surface area contributed by atoms with Gasteiger partial charge >= 0.3 is 6.18 Å². The number of nitrogens with two attached hydrogens (primary N) is 1. The fourth-order valence-electron chi connectivity index (χ4n) is 3.04. The molecule has 0 fully saturated rings. The highest BCUT2D eigenvalue weighted by molar-refractivity contribution is 7.21. The topological polar surface area (TPSA) is 77.2 Å². The molecule has 0 saturated heterocycles. The van der Waals surface area contributed by atoms with Gasteiger partial charge in [0.2, 0.25) is 0 Å². The van der Waals surface area contributed by atoms with Crippen molar-refractivity contribution in [2.45, 2.75) is 6.18 Å². The number of carbonyl (C=O) groups is 1. The van der Waals surface area contributed by atoms with Crippen molar-refractivity contribution >= 4 is 38.8 Å². The molecule has 0 aliphatic heterocycles. The Bertz CT molecular complexity index is 1270. The highest BCUT2D eigenvalue weighted by atomic mass is 32.1. The van der Waals surface area contributed by atoms with Gasteiger partial charge < -0.3 is 15.8 Å². The lowest BCUT2D eigenvalue weighted by molar-refractivity contribution is -0.137. The molecule has 1 amide bonds. The number of pyridine rings is 1. The van der Waals surface area contributed by atoms with Crippen LogP contribution in [-0.4, -0.2) is 18.0 Å². The van der Waals surface area contributed by atoms with Crippen LogP contribution in [0.5, 0.6) is 5.75 Å². The number of alkyl halides is 3. The number of hydrogen-bond acceptors (Lipinski definition) is 5. The van der Waals surface area contributed by atoms with Crippen molar-refractivity contribution in [3.63, 3.8) is 0 Å². The maximum atomic E-state index is 12.7. The molecule has 9 heteroatoms. The molecule has 2 aromatic carbocycles. The first kappa shape index (κ1) is 20.7. The number of nitrogens with zero attached hydrogens (tertiary/aromatic N) is 1. The molecular weight excluding hydrogens is 427 g/mol. The maximum absolute atomic E-state index is 12.7. The van der Waals surface area contributed by atoms with Crippen LogP contribution in [-0.2, 0) is 6.18 Å². The summed E-state index contributed by atoms with van der Waals surface area (Å²) in [5.41, 5.74) is 7.42. The molecule has 0 unspecified atom stereocenters. The van der Waals surface area contributed by atoms with Crippen molar-refractivity contribution < 1.29 is 22.7 Å². The van der Waals surface area contributed by atoms with Gasteiger partial charge in [-0.1, -0.05) is 12.1 Å². The molecule has 0 spiro atoms. The zero-order chi connectivity index (χ0) is 22.2. The molecule has 2 aromatic heterocycles. The van der Waals surface area contributed by atoms with Crippen LogP contribution >= 0.6 is 11.3 Å². The normalized spacial score (nSPS) is 11.5. The molecule has 4 aromatic rings. The third-order valence-corrected chi connectivity index (χ3v) is 5.75. The molecule has 0 atom stereocenters. The predicted molar refractivity (Wildman–Crippen MR) is 115 cm³/mol. The average molecular weight is 443 g/mol. The van der Waals surface area contributed by atoms with Crippen molar-refractivity contribution in [2.24, 2.45) is 0 Å². The number of thiophene rings is 1. The minimum Gasteiger partial charge on any atom is -0.497 e. The zero-order valence-electron chi connectivity index (χ0n) is 16.2. The van der Waals surface area contributed by atoms with Crippen LogP contribution in [0.1, 0.15) is 15.2 Å². The Morgan fingerprint density at radius 2 is 1.84 bits per heavy atom. The van der Waals surface area contributed by atoms with Gasteiger partial charge in [-0.3, -0.25) is 4.79 Å². The molecule has 0 bridgehead atoms. The van der Waals surface area contributed by atoms with Gasteiger partial charge in [0.15, 0.2) is 0 Å². The van der Waals surface area contributed by atoms with E-state index in [4.69, 9.17) is 10.5 Å². The van der Waals surface area contributed by atoms with E-state index in [2.05, 4.69) is 10.3 Å². The molecule has 0 aliphatic rings. The van der Waals surface area contributed by atoms with Gasteiger partial charge in [-0.05, 0) is 48.5 Å². The number of methoxy groups -OCH3 is 1. The predicted octanol–water partition coefficient (Wildman–Crippen LogP) is 5.83. The number of anilines is 2. The van der Waals surface area contributed by atoms with Crippen molar-refractivity contribution in [1.29, 1.82) is 0 Å². The Morgan fingerprint density at radius 3 is 2.52 bits per heavy atom. The second kappa shape index (κ2) is 7.92. The molecule has 158 valence electrons. The summed E-state index contributed by atoms with van der Waals surface area (Å²) in [6.45, 7) is 0. The molecule has 0 saturated carbocycles. The van der Waals surface area contributed by atoms with Gasteiger partial charge in [0.25, 0.3) is 5.91 Å². The minimum atomic E-state index is -4.44. The van der Waals surface area contributed by atoms with Crippen molar-refractivity contribution in [2.75, 3.05) is 18.2 Å². The van der Waals surface area contributed by atoms with Crippen LogP contribution in [0.15, 0.2) is 60.7 Å². The van der Waals surface area contributed by atoms with Crippen LogP contribution in [0.4, 0.5) is 24.5 Å². The Morgan fingerprint density at radius 1 is 1.10 bits per heavy atom. The number of halogens is 3. The van der Waals surface area contributed by atoms with Gasteiger partial charge in [-0.15, -0.1) is 11.3 Å². The zero-order valence-corrected chi connectivity index (χ0v) is 17.0. The van der Waals surface area contributed by atoms with E-state index < -0.39 is 17.6 Å². The first-order valence-electron chi connectivity index (χ1n) is 9.08. The number of ether oxygens (including phenoxy) is 1. The molecule has 0 aliphatic carbocycles. The second-order valence-electron chi connectivity index (χ2n) is 6.66. The van der Waals surface area contributed by atoms with E-state index in [0.29, 0.717) is 21.7 Å². The Labute approximate surface area is 179 Å². The molecular formula is C22H16F3N3O2S. The molecule has 0 radical (unpaired) electrons. The number of rotatable bonds is 4. The van der Waals surface area contributed by atoms with E-state index >= 15 is 0 Å². The Balaban J connectivity index is 1.62. The SMILES string of the molecule is COc1cccc(-c2ccc3c(N)c(C(=O)Nc4ccc(C(F)(F)F)cc4)sc3n2)c1. The number of aromatic nitrogens is 1. The molecule has 5 nitrogen and oxygen atoms in total. The minimum absolute atomic E-state index is 0.236. The first-order valence-corrected chi connectivity index (χ1v) is 9.90. The number of nitrogens with one attached hydrogen (secondary N) is 1. The number of fused-ring (bicyclic) bond motifs is 1. The van der Waals surface area contributed by atoms with Crippen molar-refractivity contribution in [1.82, 2.24) is 4.98 Å². The van der Waals surface area contributed by atoms with E-state index in [1.165, 1.54) is 12.1 Å². The third-order valence-electron chi connectivity index (χ3n) is 4.64. The van der Waals surface area contributed by atoms with E-state index in [9.17, 15) is 18.0 Å². The highest BCUT2D eigenvalue weighted by Gasteiger charge is 2.30. The summed E-state index contributed by atoms with van der Waals surface area (Å²) in [6, 6.07) is 15.2. The Kier molecular flexibility index (Phi) is 5.28. The largest absolute Gasteiger partial charge is 0.497 e. The lowest BCUT2D eigenvalue weighted by Crippen LogP contribution is -2.12. The van der Waals surface area contributed by atoms with Crippen LogP contribution < -0.4 is 15.8 Å². The smallest absolute Gasteiger partial charge is 0.416 e. The summed E-state index contributed by atoms with van der Waals surface area (Å²) in [5.74, 6) is 0.185. The quantitative estimate of drug-likeness (QED) is 0.416. The van der Waals surface area contributed by atoms with Gasteiger partial charge in [0.1, 0.15) is 15.5 Å². The first-order chi connectivity index (χ1) is 14.8. The van der Waals surface area contributed by atoms with Gasteiger partial charge in [0, 0.05) is 16.6 Å². The summed E-state index contributed by atoms with van der Waals surface area (Å²) < 4.78 is 43.3. The average Bonchev–Trinajstić information content (AvgIpc) is 3.09. The summed E-state index contributed by atoms with van der Waals surface area (Å²) in [7, 11) is 1.58. The van der Waals surface area contributed by atoms with E-state index in [-0.39, 0.29) is 16.3 Å². The lowest BCUT2D eigenvalue weighted by atomic mass is 10.1. The number of benzene rings is 2. The van der Waals surface area contributed by atoms with Gasteiger partial charge in [-0.25, -0.2) is 4.98 Å².